The molecule has 1 heterocycles. The van der Waals surface area contributed by atoms with Gasteiger partial charge in [-0.05, 0) is 41.4 Å². The van der Waals surface area contributed by atoms with Gasteiger partial charge in [0.05, 0.1) is 0 Å². The van der Waals surface area contributed by atoms with Crippen molar-refractivity contribution in [3.8, 4) is 0 Å². The van der Waals surface area contributed by atoms with Crippen LogP contribution in [0.4, 0.5) is 0 Å². The predicted octanol–water partition coefficient (Wildman–Crippen LogP) is 5.76. The van der Waals surface area contributed by atoms with Crippen molar-refractivity contribution < 1.29 is 0 Å². The van der Waals surface area contributed by atoms with Crippen LogP contribution in [0.15, 0.2) is 48.5 Å². The maximum Gasteiger partial charge on any atom is 0.153 e. The summed E-state index contributed by atoms with van der Waals surface area (Å²) in [7, 11) is 0. The molecule has 1 heteroatoms. The molecule has 1 aliphatic rings. The fourth-order valence-corrected chi connectivity index (χ4v) is 3.62. The van der Waals surface area contributed by atoms with Crippen LogP contribution in [0.3, 0.4) is 0 Å². The molecule has 2 aromatic rings. The molecule has 3 rings (SSSR count). The fraction of sp³-hybridized carbons (Fsp3) is 0.400. The second-order valence-corrected chi connectivity index (χ2v) is 5.74. The Kier molecular flexibility index (Phi) is 5.67. The van der Waals surface area contributed by atoms with Gasteiger partial charge in [-0.1, -0.05) is 81.9 Å². The smallest absolute Gasteiger partial charge is 0.0762 e. The van der Waals surface area contributed by atoms with E-state index >= 15 is 0 Å². The molecule has 0 radical (unpaired) electrons. The molecule has 1 aliphatic heterocycles. The summed E-state index contributed by atoms with van der Waals surface area (Å²) in [5, 5.41) is 0. The first-order valence-electron chi connectivity index (χ1n) is 8.44. The van der Waals surface area contributed by atoms with Crippen LogP contribution >= 0.6 is 0 Å². The molecule has 2 aromatic carbocycles. The number of benzene rings is 2. The number of rotatable bonds is 2. The molecule has 0 aliphatic carbocycles. The summed E-state index contributed by atoms with van der Waals surface area (Å²) >= 11 is 0. The van der Waals surface area contributed by atoms with E-state index in [-0.39, 0.29) is 0 Å². The lowest BCUT2D eigenvalue weighted by Crippen LogP contribution is -2.30. The minimum Gasteiger partial charge on any atom is -0.0762 e. The zero-order chi connectivity index (χ0) is 15.2. The van der Waals surface area contributed by atoms with Crippen LogP contribution < -0.4 is 0 Å². The first-order chi connectivity index (χ1) is 10.3. The first kappa shape index (κ1) is 15.9. The van der Waals surface area contributed by atoms with Crippen molar-refractivity contribution in [2.45, 2.75) is 52.6 Å². The van der Waals surface area contributed by atoms with Crippen molar-refractivity contribution in [1.29, 1.82) is 0 Å². The van der Waals surface area contributed by atoms with Gasteiger partial charge in [-0.3, -0.25) is 0 Å². The van der Waals surface area contributed by atoms with E-state index < -0.39 is 0 Å². The third-order valence-electron chi connectivity index (χ3n) is 4.69. The van der Waals surface area contributed by atoms with Gasteiger partial charge in [0.25, 0.3) is 0 Å². The van der Waals surface area contributed by atoms with Gasteiger partial charge >= 0.3 is 0 Å². The summed E-state index contributed by atoms with van der Waals surface area (Å²) in [6.45, 7) is 9.37. The van der Waals surface area contributed by atoms with Crippen molar-refractivity contribution in [3.63, 3.8) is 0 Å². The SMILES string of the molecule is CC.CCB1CCc2ccccc2C1c1ccccc1C. The Morgan fingerprint density at radius 2 is 1.57 bits per heavy atom. The zero-order valence-electron chi connectivity index (χ0n) is 13.9. The van der Waals surface area contributed by atoms with Crippen molar-refractivity contribution in [1.82, 2.24) is 0 Å². The standard InChI is InChI=1S/C18H21B.C2H6/c1-3-19-13-12-15-9-5-7-11-17(15)18(19)16-10-6-4-8-14(16)2;1-2/h4-11,18H,3,12-13H2,1-2H3;1-2H3. The van der Waals surface area contributed by atoms with E-state index in [2.05, 4.69) is 62.4 Å². The van der Waals surface area contributed by atoms with E-state index in [1.165, 1.54) is 30.2 Å². The third-order valence-corrected chi connectivity index (χ3v) is 4.69. The Bertz CT molecular complexity index is 574. The van der Waals surface area contributed by atoms with Gasteiger partial charge in [-0.15, -0.1) is 0 Å². The van der Waals surface area contributed by atoms with Gasteiger partial charge in [0, 0.05) is 0 Å². The van der Waals surface area contributed by atoms with Gasteiger partial charge in [0.1, 0.15) is 0 Å². The van der Waals surface area contributed by atoms with Gasteiger partial charge in [0.2, 0.25) is 0 Å². The highest BCUT2D eigenvalue weighted by molar-refractivity contribution is 6.61. The topological polar surface area (TPSA) is 0 Å². The average Bonchev–Trinajstić information content (AvgIpc) is 2.56. The minimum absolute atomic E-state index is 0.594. The molecule has 0 saturated carbocycles. The molecule has 0 nitrogen and oxygen atoms in total. The number of hydrogen-bond acceptors (Lipinski definition) is 0. The van der Waals surface area contributed by atoms with Crippen molar-refractivity contribution >= 4 is 6.71 Å². The highest BCUT2D eigenvalue weighted by Gasteiger charge is 2.32. The quantitative estimate of drug-likeness (QED) is 0.612. The molecule has 110 valence electrons. The van der Waals surface area contributed by atoms with Crippen molar-refractivity contribution in [2.24, 2.45) is 0 Å². The molecular weight excluding hydrogens is 251 g/mol. The molecule has 1 unspecified atom stereocenters. The van der Waals surface area contributed by atoms with Crippen LogP contribution in [-0.4, -0.2) is 6.71 Å². The normalized spacial score (nSPS) is 16.8. The molecule has 0 N–H and O–H groups in total. The molecule has 0 amide bonds. The van der Waals surface area contributed by atoms with E-state index in [0.29, 0.717) is 5.82 Å². The lowest BCUT2D eigenvalue weighted by molar-refractivity contribution is 0.924. The van der Waals surface area contributed by atoms with Crippen LogP contribution in [0.2, 0.25) is 12.6 Å². The van der Waals surface area contributed by atoms with Crippen molar-refractivity contribution in [2.75, 3.05) is 0 Å². The fourth-order valence-electron chi connectivity index (χ4n) is 3.62. The van der Waals surface area contributed by atoms with Crippen LogP contribution in [0, 0.1) is 6.92 Å². The summed E-state index contributed by atoms with van der Waals surface area (Å²) in [6.07, 6.45) is 3.84. The molecule has 0 aromatic heterocycles. The van der Waals surface area contributed by atoms with Crippen LogP contribution in [0.25, 0.3) is 0 Å². The highest BCUT2D eigenvalue weighted by Crippen LogP contribution is 2.38. The van der Waals surface area contributed by atoms with E-state index in [1.54, 1.807) is 11.1 Å². The Morgan fingerprint density at radius 1 is 0.952 bits per heavy atom. The summed E-state index contributed by atoms with van der Waals surface area (Å²) < 4.78 is 0. The van der Waals surface area contributed by atoms with Gasteiger partial charge in [0.15, 0.2) is 6.71 Å². The molecule has 0 fully saturated rings. The molecular formula is C20H27B. The van der Waals surface area contributed by atoms with E-state index in [4.69, 9.17) is 0 Å². The largest absolute Gasteiger partial charge is 0.153 e. The monoisotopic (exact) mass is 278 g/mol. The van der Waals surface area contributed by atoms with E-state index in [9.17, 15) is 0 Å². The summed E-state index contributed by atoms with van der Waals surface area (Å²) in [5.74, 6) is 0.594. The summed E-state index contributed by atoms with van der Waals surface area (Å²) in [5.41, 5.74) is 6.08. The maximum atomic E-state index is 2.34. The summed E-state index contributed by atoms with van der Waals surface area (Å²) in [6, 6.07) is 17.9. The second-order valence-electron chi connectivity index (χ2n) is 5.74. The Labute approximate surface area is 130 Å². The number of hydrogen-bond donors (Lipinski definition) is 0. The lowest BCUT2D eigenvalue weighted by atomic mass is 9.32. The number of aryl methyl sites for hydroxylation is 2. The van der Waals surface area contributed by atoms with Gasteiger partial charge < -0.3 is 0 Å². The van der Waals surface area contributed by atoms with Gasteiger partial charge in [-0.25, -0.2) is 0 Å². The summed E-state index contributed by atoms with van der Waals surface area (Å²) in [4.78, 5) is 0. The molecule has 1 atom stereocenters. The first-order valence-corrected chi connectivity index (χ1v) is 8.44. The zero-order valence-corrected chi connectivity index (χ0v) is 13.9. The molecule has 0 saturated heterocycles. The minimum atomic E-state index is 0.594. The van der Waals surface area contributed by atoms with E-state index in [0.717, 1.165) is 6.71 Å². The Balaban J connectivity index is 0.000000774. The average molecular weight is 278 g/mol. The highest BCUT2D eigenvalue weighted by atomic mass is 14.2. The Hall–Kier alpha value is -1.50. The molecule has 0 spiro atoms. The maximum absolute atomic E-state index is 2.34. The van der Waals surface area contributed by atoms with Crippen molar-refractivity contribution in [3.05, 3.63) is 70.8 Å². The molecule has 21 heavy (non-hydrogen) atoms. The van der Waals surface area contributed by atoms with Crippen LogP contribution in [0.1, 0.15) is 48.8 Å². The van der Waals surface area contributed by atoms with Gasteiger partial charge in [-0.2, -0.15) is 0 Å². The lowest BCUT2D eigenvalue weighted by Gasteiger charge is -2.32. The van der Waals surface area contributed by atoms with Crippen LogP contribution in [0.5, 0.6) is 0 Å². The Morgan fingerprint density at radius 3 is 2.24 bits per heavy atom. The number of fused-ring (bicyclic) bond motifs is 1. The van der Waals surface area contributed by atoms with E-state index in [1.807, 2.05) is 13.8 Å². The molecule has 0 bridgehead atoms. The predicted molar refractivity (Wildman–Crippen MR) is 95.6 cm³/mol. The third kappa shape index (κ3) is 3.23. The van der Waals surface area contributed by atoms with Crippen LogP contribution in [-0.2, 0) is 6.42 Å². The second kappa shape index (κ2) is 7.50.